The van der Waals surface area contributed by atoms with Crippen LogP contribution in [0, 0.1) is 12.3 Å². The van der Waals surface area contributed by atoms with Crippen molar-refractivity contribution in [2.75, 3.05) is 48.7 Å². The zero-order chi connectivity index (χ0) is 22.3. The van der Waals surface area contributed by atoms with Gasteiger partial charge >= 0.3 is 0 Å². The summed E-state index contributed by atoms with van der Waals surface area (Å²) in [7, 11) is 0. The molecule has 1 amide bonds. The maximum Gasteiger partial charge on any atom is 0.234 e. The van der Waals surface area contributed by atoms with E-state index in [9.17, 15) is 4.79 Å². The minimum atomic E-state index is -0.0335. The smallest absolute Gasteiger partial charge is 0.234 e. The van der Waals surface area contributed by atoms with Crippen LogP contribution in [-0.4, -0.2) is 54.3 Å². The Hall–Kier alpha value is -2.31. The van der Waals surface area contributed by atoms with Gasteiger partial charge in [-0.05, 0) is 24.3 Å². The number of carbonyl (C=O) groups excluding carboxylic acids is 1. The van der Waals surface area contributed by atoms with Crippen LogP contribution >= 0.6 is 39.0 Å². The number of aromatic nitrogens is 1. The SMILES string of the molecule is C#CCN1CCN(c2ccccc2NC(=O)CSc2nc(-c3ccc(Br)cc3)cs2)CC1. The van der Waals surface area contributed by atoms with Crippen LogP contribution < -0.4 is 10.2 Å². The van der Waals surface area contributed by atoms with Crippen molar-refractivity contribution < 1.29 is 4.79 Å². The molecule has 2 heterocycles. The number of thiazole rings is 1. The molecule has 1 aliphatic rings. The van der Waals surface area contributed by atoms with Crippen LogP contribution in [0.1, 0.15) is 0 Å². The maximum absolute atomic E-state index is 12.7. The number of anilines is 2. The molecule has 1 fully saturated rings. The van der Waals surface area contributed by atoms with Crippen LogP contribution in [0.15, 0.2) is 62.7 Å². The van der Waals surface area contributed by atoms with Gasteiger partial charge in [-0.2, -0.15) is 0 Å². The third kappa shape index (κ3) is 5.93. The normalized spacial score (nSPS) is 14.2. The molecule has 0 spiro atoms. The zero-order valence-electron chi connectivity index (χ0n) is 17.5. The van der Waals surface area contributed by atoms with E-state index in [-0.39, 0.29) is 5.91 Å². The van der Waals surface area contributed by atoms with Crippen LogP contribution in [0.4, 0.5) is 11.4 Å². The lowest BCUT2D eigenvalue weighted by Gasteiger charge is -2.36. The van der Waals surface area contributed by atoms with E-state index in [1.54, 1.807) is 11.3 Å². The van der Waals surface area contributed by atoms with E-state index in [1.807, 2.05) is 47.8 Å². The summed E-state index contributed by atoms with van der Waals surface area (Å²) in [5.74, 6) is 3.00. The second-order valence-corrected chi connectivity index (χ2v) is 10.3. The highest BCUT2D eigenvalue weighted by molar-refractivity contribution is 9.10. The highest BCUT2D eigenvalue weighted by atomic mass is 79.9. The third-order valence-electron chi connectivity index (χ3n) is 5.16. The Morgan fingerprint density at radius 2 is 1.91 bits per heavy atom. The monoisotopic (exact) mass is 526 g/mol. The van der Waals surface area contributed by atoms with Crippen molar-refractivity contribution in [2.45, 2.75) is 4.34 Å². The third-order valence-corrected chi connectivity index (χ3v) is 7.71. The number of benzene rings is 2. The number of halogens is 1. The average molecular weight is 528 g/mol. The summed E-state index contributed by atoms with van der Waals surface area (Å²) in [5.41, 5.74) is 3.90. The molecule has 164 valence electrons. The highest BCUT2D eigenvalue weighted by Gasteiger charge is 2.19. The molecule has 1 saturated heterocycles. The van der Waals surface area contributed by atoms with Gasteiger partial charge in [-0.25, -0.2) is 4.98 Å². The first-order valence-corrected chi connectivity index (χ1v) is 12.9. The number of piperazine rings is 1. The van der Waals surface area contributed by atoms with Gasteiger partial charge in [0.1, 0.15) is 0 Å². The molecule has 0 saturated carbocycles. The first-order valence-electron chi connectivity index (χ1n) is 10.3. The summed E-state index contributed by atoms with van der Waals surface area (Å²) in [4.78, 5) is 21.9. The number of hydrogen-bond donors (Lipinski definition) is 1. The number of hydrogen-bond acceptors (Lipinski definition) is 6. The number of terminal acetylenes is 1. The molecule has 8 heteroatoms. The number of carbonyl (C=O) groups is 1. The summed E-state index contributed by atoms with van der Waals surface area (Å²) < 4.78 is 1.92. The molecule has 4 rings (SSSR count). The summed E-state index contributed by atoms with van der Waals surface area (Å²) in [6, 6.07) is 16.0. The molecule has 3 aromatic rings. The van der Waals surface area contributed by atoms with Gasteiger partial charge in [-0.15, -0.1) is 17.8 Å². The largest absolute Gasteiger partial charge is 0.367 e. The lowest BCUT2D eigenvalue weighted by Crippen LogP contribution is -2.46. The Morgan fingerprint density at radius 1 is 1.16 bits per heavy atom. The van der Waals surface area contributed by atoms with Gasteiger partial charge in [0.05, 0.1) is 29.4 Å². The summed E-state index contributed by atoms with van der Waals surface area (Å²) in [6.45, 7) is 4.31. The topological polar surface area (TPSA) is 48.5 Å². The van der Waals surface area contributed by atoms with Gasteiger partial charge in [0.15, 0.2) is 4.34 Å². The van der Waals surface area contributed by atoms with E-state index < -0.39 is 0 Å². The van der Waals surface area contributed by atoms with Gasteiger partial charge in [0, 0.05) is 41.6 Å². The predicted molar refractivity (Wildman–Crippen MR) is 139 cm³/mol. The highest BCUT2D eigenvalue weighted by Crippen LogP contribution is 2.30. The molecular weight excluding hydrogens is 504 g/mol. The molecule has 32 heavy (non-hydrogen) atoms. The molecular formula is C24H23BrN4OS2. The summed E-state index contributed by atoms with van der Waals surface area (Å²) in [6.07, 6.45) is 5.43. The predicted octanol–water partition coefficient (Wildman–Crippen LogP) is 5.06. The van der Waals surface area contributed by atoms with Crippen LogP contribution in [-0.2, 0) is 4.79 Å². The molecule has 1 aromatic heterocycles. The first kappa shape index (κ1) is 22.9. The zero-order valence-corrected chi connectivity index (χ0v) is 20.7. The quantitative estimate of drug-likeness (QED) is 0.344. The lowest BCUT2D eigenvalue weighted by atomic mass is 10.2. The van der Waals surface area contributed by atoms with Gasteiger partial charge in [0.25, 0.3) is 0 Å². The molecule has 0 bridgehead atoms. The molecule has 2 aromatic carbocycles. The molecule has 5 nitrogen and oxygen atoms in total. The molecule has 0 radical (unpaired) electrons. The van der Waals surface area contributed by atoms with Crippen molar-refractivity contribution in [3.8, 4) is 23.6 Å². The Morgan fingerprint density at radius 3 is 2.66 bits per heavy atom. The fraction of sp³-hybridized carbons (Fsp3) is 0.250. The van der Waals surface area contributed by atoms with Crippen molar-refractivity contribution in [3.05, 3.63) is 58.4 Å². The molecule has 0 unspecified atom stereocenters. The molecule has 1 N–H and O–H groups in total. The van der Waals surface area contributed by atoms with E-state index in [4.69, 9.17) is 6.42 Å². The molecule has 0 aliphatic carbocycles. The number of nitrogens with zero attached hydrogens (tertiary/aromatic N) is 3. The fourth-order valence-electron chi connectivity index (χ4n) is 3.52. The fourth-order valence-corrected chi connectivity index (χ4v) is 5.42. The average Bonchev–Trinajstić information content (AvgIpc) is 3.29. The number of para-hydroxylation sites is 2. The number of amides is 1. The Bertz CT molecular complexity index is 1100. The van der Waals surface area contributed by atoms with Crippen molar-refractivity contribution in [2.24, 2.45) is 0 Å². The number of thioether (sulfide) groups is 1. The van der Waals surface area contributed by atoms with Gasteiger partial charge < -0.3 is 10.2 Å². The Labute approximate surface area is 205 Å². The first-order chi connectivity index (χ1) is 15.6. The van der Waals surface area contributed by atoms with Crippen molar-refractivity contribution in [1.29, 1.82) is 0 Å². The second kappa shape index (κ2) is 11.0. The maximum atomic E-state index is 12.7. The Kier molecular flexibility index (Phi) is 7.87. The van der Waals surface area contributed by atoms with Gasteiger partial charge in [-0.1, -0.05) is 57.9 Å². The summed E-state index contributed by atoms with van der Waals surface area (Å²) >= 11 is 6.47. The molecule has 0 atom stereocenters. The van der Waals surface area contributed by atoms with E-state index in [1.165, 1.54) is 11.8 Å². The van der Waals surface area contributed by atoms with Crippen molar-refractivity contribution in [3.63, 3.8) is 0 Å². The van der Waals surface area contributed by atoms with Crippen molar-refractivity contribution >= 4 is 56.3 Å². The van der Waals surface area contributed by atoms with Gasteiger partial charge in [-0.3, -0.25) is 9.69 Å². The van der Waals surface area contributed by atoms with E-state index in [0.717, 1.165) is 57.6 Å². The van der Waals surface area contributed by atoms with E-state index >= 15 is 0 Å². The summed E-state index contributed by atoms with van der Waals surface area (Å²) in [5, 5.41) is 5.11. The minimum Gasteiger partial charge on any atom is -0.367 e. The molecule has 1 aliphatic heterocycles. The lowest BCUT2D eigenvalue weighted by molar-refractivity contribution is -0.113. The van der Waals surface area contributed by atoms with Crippen molar-refractivity contribution in [1.82, 2.24) is 9.88 Å². The van der Waals surface area contributed by atoms with Crippen LogP contribution in [0.3, 0.4) is 0 Å². The second-order valence-electron chi connectivity index (χ2n) is 7.33. The van der Waals surface area contributed by atoms with Crippen LogP contribution in [0.2, 0.25) is 0 Å². The number of nitrogens with one attached hydrogen (secondary N) is 1. The standard InChI is InChI=1S/C24H23BrN4OS2/c1-2-11-28-12-14-29(15-13-28)22-6-4-3-5-20(22)26-23(30)17-32-24-27-21(16-31-24)18-7-9-19(25)10-8-18/h1,3-10,16H,11-15,17H2,(H,26,30). The van der Waals surface area contributed by atoms with E-state index in [2.05, 4.69) is 48.0 Å². The van der Waals surface area contributed by atoms with Crippen LogP contribution in [0.5, 0.6) is 0 Å². The number of rotatable bonds is 7. The Balaban J connectivity index is 1.33. The van der Waals surface area contributed by atoms with E-state index in [0.29, 0.717) is 12.3 Å². The van der Waals surface area contributed by atoms with Crippen LogP contribution in [0.25, 0.3) is 11.3 Å². The minimum absolute atomic E-state index is 0.0335. The van der Waals surface area contributed by atoms with Gasteiger partial charge in [0.2, 0.25) is 5.91 Å².